The van der Waals surface area contributed by atoms with E-state index in [1.165, 1.54) is 3.21 Å². The molecule has 4 nitrogen and oxygen atoms in total. The van der Waals surface area contributed by atoms with Gasteiger partial charge in [-0.05, 0) is 0 Å². The maximum atomic E-state index is 8.34. The minimum Gasteiger partial charge on any atom is -1.00 e. The number of hydrogen-bond donors (Lipinski definition) is 2. The fraction of sp³-hybridized carbons (Fsp3) is 0.353. The fourth-order valence-corrected chi connectivity index (χ4v) is 1.23. The SMILES string of the molecule is C[C](C)=[Zr+2].OCCOc1ccc[cH-]1.OCCOc1ccc[cH-]1.[Cl-].[Cl-]. The average Bonchev–Trinajstić information content (AvgIpc) is 3.16. The first-order valence-electron chi connectivity index (χ1n) is 7.02. The molecule has 0 bridgehead atoms. The van der Waals surface area contributed by atoms with Gasteiger partial charge in [-0.3, -0.25) is 0 Å². The van der Waals surface area contributed by atoms with Gasteiger partial charge in [0.2, 0.25) is 0 Å². The third-order valence-corrected chi connectivity index (χ3v) is 1.98. The van der Waals surface area contributed by atoms with Gasteiger partial charge in [0.1, 0.15) is 13.2 Å². The van der Waals surface area contributed by atoms with Crippen LogP contribution in [0.2, 0.25) is 0 Å². The van der Waals surface area contributed by atoms with Crippen LogP contribution in [0.5, 0.6) is 11.5 Å². The maximum absolute atomic E-state index is 8.34. The molecule has 7 heteroatoms. The molecule has 0 unspecified atom stereocenters. The Morgan fingerprint density at radius 2 is 1.25 bits per heavy atom. The largest absolute Gasteiger partial charge is 1.00 e. The Bertz CT molecular complexity index is 417. The zero-order valence-corrected chi connectivity index (χ0v) is 17.9. The van der Waals surface area contributed by atoms with Crippen LogP contribution in [0.3, 0.4) is 0 Å². The third kappa shape index (κ3) is 19.6. The van der Waals surface area contributed by atoms with Gasteiger partial charge in [0, 0.05) is 11.5 Å². The predicted molar refractivity (Wildman–Crippen MR) is 85.6 cm³/mol. The van der Waals surface area contributed by atoms with Gasteiger partial charge in [0.05, 0.1) is 13.2 Å². The zero-order valence-electron chi connectivity index (χ0n) is 13.9. The van der Waals surface area contributed by atoms with Gasteiger partial charge in [-0.1, -0.05) is 0 Å². The van der Waals surface area contributed by atoms with E-state index in [0.717, 1.165) is 11.5 Å². The Labute approximate surface area is 171 Å². The second-order valence-corrected chi connectivity index (χ2v) is 6.84. The molecular weight excluding hydrogens is 430 g/mol. The van der Waals surface area contributed by atoms with E-state index in [1.54, 1.807) is 24.2 Å². The second-order valence-electron chi connectivity index (χ2n) is 4.39. The van der Waals surface area contributed by atoms with Crippen LogP contribution < -0.4 is 34.3 Å². The molecule has 2 N–H and O–H groups in total. The number of ether oxygens (including phenoxy) is 2. The predicted octanol–water partition coefficient (Wildman–Crippen LogP) is -3.69. The van der Waals surface area contributed by atoms with Crippen molar-refractivity contribution in [1.82, 2.24) is 0 Å². The smallest absolute Gasteiger partial charge is 0.108 e. The molecule has 136 valence electrons. The van der Waals surface area contributed by atoms with Crippen LogP contribution >= 0.6 is 0 Å². The summed E-state index contributed by atoms with van der Waals surface area (Å²) in [5.74, 6) is 1.65. The normalized spacial score (nSPS) is 8.25. The summed E-state index contributed by atoms with van der Waals surface area (Å²) in [6.45, 7) is 5.15. The van der Waals surface area contributed by atoms with Crippen molar-refractivity contribution in [2.75, 3.05) is 26.4 Å². The first kappa shape index (κ1) is 28.4. The van der Waals surface area contributed by atoms with Crippen molar-refractivity contribution >= 4 is 3.21 Å². The minimum atomic E-state index is 0. The number of rotatable bonds is 6. The molecule has 0 aliphatic carbocycles. The number of aliphatic hydroxyl groups excluding tert-OH is 2. The van der Waals surface area contributed by atoms with E-state index in [0.29, 0.717) is 13.2 Å². The monoisotopic (exact) mass is 452 g/mol. The molecule has 0 saturated heterocycles. The molecule has 0 saturated carbocycles. The van der Waals surface area contributed by atoms with Crippen LogP contribution in [0, 0.1) is 0 Å². The molecule has 0 aliphatic rings. The number of halogens is 2. The van der Waals surface area contributed by atoms with Crippen molar-refractivity contribution in [2.45, 2.75) is 13.8 Å². The summed E-state index contributed by atoms with van der Waals surface area (Å²) < 4.78 is 11.6. The van der Waals surface area contributed by atoms with Gasteiger partial charge < -0.3 is 44.5 Å². The summed E-state index contributed by atoms with van der Waals surface area (Å²) in [5, 5.41) is 16.7. The van der Waals surface area contributed by atoms with Crippen molar-refractivity contribution in [3.63, 3.8) is 0 Å². The molecule has 0 amide bonds. The van der Waals surface area contributed by atoms with Crippen LogP contribution in [0.15, 0.2) is 48.5 Å². The second kappa shape index (κ2) is 20.6. The third-order valence-electron chi connectivity index (χ3n) is 1.98. The molecule has 0 heterocycles. The van der Waals surface area contributed by atoms with Gasteiger partial charge in [-0.25, -0.2) is 12.1 Å². The van der Waals surface area contributed by atoms with Crippen LogP contribution in [0.4, 0.5) is 0 Å². The first-order valence-corrected chi connectivity index (χ1v) is 8.25. The summed E-state index contributed by atoms with van der Waals surface area (Å²) >= 11 is 1.55. The molecule has 0 spiro atoms. The molecule has 2 aromatic carbocycles. The quantitative estimate of drug-likeness (QED) is 0.442. The summed E-state index contributed by atoms with van der Waals surface area (Å²) in [5.41, 5.74) is 0. The minimum absolute atomic E-state index is 0. The molecule has 0 fully saturated rings. The van der Waals surface area contributed by atoms with Gasteiger partial charge in [0.15, 0.2) is 0 Å². The molecule has 2 rings (SSSR count). The van der Waals surface area contributed by atoms with Crippen molar-refractivity contribution in [1.29, 1.82) is 0 Å². The molecule has 24 heavy (non-hydrogen) atoms. The van der Waals surface area contributed by atoms with Gasteiger partial charge in [-0.2, -0.15) is 24.3 Å². The van der Waals surface area contributed by atoms with E-state index in [1.807, 2.05) is 48.5 Å². The Morgan fingerprint density at radius 1 is 0.917 bits per heavy atom. The Kier molecular flexibility index (Phi) is 24.3. The average molecular weight is 455 g/mol. The Balaban J connectivity index is -0.000000283. The van der Waals surface area contributed by atoms with Crippen LogP contribution in [-0.4, -0.2) is 39.8 Å². The Hall–Kier alpha value is -0.447. The van der Waals surface area contributed by atoms with Gasteiger partial charge in [-0.15, -0.1) is 12.1 Å². The van der Waals surface area contributed by atoms with Crippen LogP contribution in [0.1, 0.15) is 13.8 Å². The first-order chi connectivity index (χ1) is 10.6. The van der Waals surface area contributed by atoms with E-state index in [2.05, 4.69) is 13.8 Å². The molecule has 0 aliphatic heterocycles. The van der Waals surface area contributed by atoms with Crippen LogP contribution in [-0.2, 0) is 24.2 Å². The van der Waals surface area contributed by atoms with Crippen molar-refractivity contribution < 1.29 is 68.7 Å². The van der Waals surface area contributed by atoms with Crippen molar-refractivity contribution in [2.24, 2.45) is 0 Å². The molecule has 2 aromatic rings. The summed E-state index contributed by atoms with van der Waals surface area (Å²) in [6.07, 6.45) is 0. The van der Waals surface area contributed by atoms with Crippen LogP contribution in [0.25, 0.3) is 0 Å². The van der Waals surface area contributed by atoms with Crippen molar-refractivity contribution in [3.05, 3.63) is 48.5 Å². The molecule has 0 radical (unpaired) electrons. The standard InChI is InChI=1S/2C7H9O2.C3H6.2ClH.Zr/c2*8-5-6-9-7-3-1-2-4-7;1-3-2;;;/h2*1-4,8H,5-6H2;1-2H3;2*1H;/q2*-1;;;;+2/p-2. The summed E-state index contributed by atoms with van der Waals surface area (Å²) in [7, 11) is 0. The number of hydrogen-bond acceptors (Lipinski definition) is 4. The van der Waals surface area contributed by atoms with E-state index in [-0.39, 0.29) is 38.0 Å². The van der Waals surface area contributed by atoms with E-state index >= 15 is 0 Å². The van der Waals surface area contributed by atoms with Crippen molar-refractivity contribution in [3.8, 4) is 11.5 Å². The van der Waals surface area contributed by atoms with E-state index in [9.17, 15) is 0 Å². The van der Waals surface area contributed by atoms with E-state index in [4.69, 9.17) is 19.7 Å². The summed E-state index contributed by atoms with van der Waals surface area (Å²) in [6, 6.07) is 15.0. The fourth-order valence-electron chi connectivity index (χ4n) is 1.23. The summed E-state index contributed by atoms with van der Waals surface area (Å²) in [4.78, 5) is 0. The van der Waals surface area contributed by atoms with E-state index < -0.39 is 0 Å². The molecule has 0 aromatic heterocycles. The zero-order chi connectivity index (χ0) is 16.6. The maximum Gasteiger partial charge on any atom is 0.108 e. The van der Waals surface area contributed by atoms with Gasteiger partial charge in [0.25, 0.3) is 0 Å². The molecule has 0 atom stereocenters. The topological polar surface area (TPSA) is 58.9 Å². The molecular formula is C17H24Cl2O4Zr-2. The Morgan fingerprint density at radius 3 is 1.46 bits per heavy atom. The van der Waals surface area contributed by atoms with Gasteiger partial charge >= 0.3 is 41.3 Å². The number of aliphatic hydroxyl groups is 2.